The Kier molecular flexibility index (Phi) is 4.81. The molecule has 2 rings (SSSR count). The van der Waals surface area contributed by atoms with Crippen LogP contribution >= 0.6 is 23.2 Å². The molecule has 1 N–H and O–H groups in total. The number of hydrogen-bond donors (Lipinski definition) is 1. The molecule has 0 heterocycles. The predicted molar refractivity (Wildman–Crippen MR) is 88.6 cm³/mol. The Labute approximate surface area is 135 Å². The van der Waals surface area contributed by atoms with Gasteiger partial charge in [0, 0.05) is 21.3 Å². The van der Waals surface area contributed by atoms with Gasteiger partial charge in [-0.25, -0.2) is 8.42 Å². The standard InChI is InChI=1S/C15H15Cl2NO2S/c1-10-6-7-12(8-11(10)2)18-21(19,20)9-13-14(16)4-3-5-15(13)17/h3-8,18H,9H2,1-2H3. The second-order valence-corrected chi connectivity index (χ2v) is 7.40. The fraction of sp³-hybridized carbons (Fsp3) is 0.200. The van der Waals surface area contributed by atoms with Gasteiger partial charge in [0.15, 0.2) is 0 Å². The highest BCUT2D eigenvalue weighted by Gasteiger charge is 2.16. The van der Waals surface area contributed by atoms with Gasteiger partial charge in [-0.1, -0.05) is 35.3 Å². The van der Waals surface area contributed by atoms with Gasteiger partial charge in [0.1, 0.15) is 0 Å². The number of hydrogen-bond acceptors (Lipinski definition) is 2. The molecule has 0 aliphatic heterocycles. The summed E-state index contributed by atoms with van der Waals surface area (Å²) in [6, 6.07) is 10.3. The van der Waals surface area contributed by atoms with E-state index >= 15 is 0 Å². The van der Waals surface area contributed by atoms with E-state index in [2.05, 4.69) is 4.72 Å². The van der Waals surface area contributed by atoms with E-state index in [9.17, 15) is 8.42 Å². The fourth-order valence-electron chi connectivity index (χ4n) is 1.88. The normalized spacial score (nSPS) is 11.4. The zero-order chi connectivity index (χ0) is 15.6. The van der Waals surface area contributed by atoms with Crippen LogP contribution in [0.3, 0.4) is 0 Å². The van der Waals surface area contributed by atoms with Gasteiger partial charge >= 0.3 is 0 Å². The van der Waals surface area contributed by atoms with Gasteiger partial charge in [0.05, 0.1) is 5.75 Å². The maximum atomic E-state index is 12.2. The number of rotatable bonds is 4. The van der Waals surface area contributed by atoms with E-state index in [-0.39, 0.29) is 5.75 Å². The lowest BCUT2D eigenvalue weighted by atomic mass is 10.1. The molecule has 0 amide bonds. The van der Waals surface area contributed by atoms with Crippen molar-refractivity contribution in [2.75, 3.05) is 4.72 Å². The van der Waals surface area contributed by atoms with Crippen molar-refractivity contribution in [2.24, 2.45) is 0 Å². The molecule has 0 aliphatic carbocycles. The van der Waals surface area contributed by atoms with Gasteiger partial charge in [-0.3, -0.25) is 4.72 Å². The van der Waals surface area contributed by atoms with Crippen LogP contribution in [-0.4, -0.2) is 8.42 Å². The molecule has 21 heavy (non-hydrogen) atoms. The van der Waals surface area contributed by atoms with Crippen molar-refractivity contribution in [1.82, 2.24) is 0 Å². The Bertz CT molecular complexity index is 753. The monoisotopic (exact) mass is 343 g/mol. The van der Waals surface area contributed by atoms with Gasteiger partial charge < -0.3 is 0 Å². The quantitative estimate of drug-likeness (QED) is 0.884. The zero-order valence-electron chi connectivity index (χ0n) is 11.7. The van der Waals surface area contributed by atoms with Crippen LogP contribution in [-0.2, 0) is 15.8 Å². The largest absolute Gasteiger partial charge is 0.283 e. The molecule has 0 bridgehead atoms. The van der Waals surface area contributed by atoms with Crippen LogP contribution in [0.5, 0.6) is 0 Å². The molecule has 0 aromatic heterocycles. The van der Waals surface area contributed by atoms with Gasteiger partial charge in [-0.15, -0.1) is 0 Å². The number of sulfonamides is 1. The summed E-state index contributed by atoms with van der Waals surface area (Å²) in [5.41, 5.74) is 3.05. The number of nitrogens with one attached hydrogen (secondary N) is 1. The smallest absolute Gasteiger partial charge is 0.237 e. The van der Waals surface area contributed by atoms with Crippen molar-refractivity contribution < 1.29 is 8.42 Å². The first-order chi connectivity index (χ1) is 9.78. The molecule has 0 atom stereocenters. The first-order valence-electron chi connectivity index (χ1n) is 6.29. The molecule has 112 valence electrons. The van der Waals surface area contributed by atoms with E-state index in [1.54, 1.807) is 30.3 Å². The number of aryl methyl sites for hydroxylation is 2. The molecule has 3 nitrogen and oxygen atoms in total. The van der Waals surface area contributed by atoms with Crippen molar-refractivity contribution in [2.45, 2.75) is 19.6 Å². The van der Waals surface area contributed by atoms with Crippen molar-refractivity contribution in [3.05, 3.63) is 63.1 Å². The van der Waals surface area contributed by atoms with E-state index in [1.807, 2.05) is 19.9 Å². The summed E-state index contributed by atoms with van der Waals surface area (Å²) in [7, 11) is -3.58. The summed E-state index contributed by atoms with van der Waals surface area (Å²) in [5.74, 6) is -0.265. The highest BCUT2D eigenvalue weighted by atomic mass is 35.5. The molecular weight excluding hydrogens is 329 g/mol. The third-order valence-corrected chi connectivity index (χ3v) is 5.10. The molecule has 2 aromatic carbocycles. The van der Waals surface area contributed by atoms with Crippen LogP contribution in [0.4, 0.5) is 5.69 Å². The Balaban J connectivity index is 2.25. The SMILES string of the molecule is Cc1ccc(NS(=O)(=O)Cc2c(Cl)cccc2Cl)cc1C. The summed E-state index contributed by atoms with van der Waals surface area (Å²) in [4.78, 5) is 0. The molecule has 0 unspecified atom stereocenters. The second kappa shape index (κ2) is 6.26. The highest BCUT2D eigenvalue weighted by molar-refractivity contribution is 7.91. The topological polar surface area (TPSA) is 46.2 Å². The average molecular weight is 344 g/mol. The Hall–Kier alpha value is -1.23. The van der Waals surface area contributed by atoms with E-state index in [0.717, 1.165) is 11.1 Å². The van der Waals surface area contributed by atoms with Crippen LogP contribution in [0.15, 0.2) is 36.4 Å². The van der Waals surface area contributed by atoms with Crippen molar-refractivity contribution in [3.63, 3.8) is 0 Å². The maximum Gasteiger partial charge on any atom is 0.237 e. The van der Waals surface area contributed by atoms with Gasteiger partial charge in [0.2, 0.25) is 10.0 Å². The Morgan fingerprint density at radius 2 is 1.62 bits per heavy atom. The van der Waals surface area contributed by atoms with Crippen LogP contribution in [0.1, 0.15) is 16.7 Å². The van der Waals surface area contributed by atoms with Gasteiger partial charge in [-0.05, 0) is 49.2 Å². The summed E-state index contributed by atoms with van der Waals surface area (Å²) < 4.78 is 27.0. The molecule has 2 aromatic rings. The molecule has 0 saturated heterocycles. The van der Waals surface area contributed by atoms with Crippen LogP contribution < -0.4 is 4.72 Å². The van der Waals surface area contributed by atoms with Gasteiger partial charge in [0.25, 0.3) is 0 Å². The lowest BCUT2D eigenvalue weighted by Crippen LogP contribution is -2.15. The minimum Gasteiger partial charge on any atom is -0.283 e. The Morgan fingerprint density at radius 3 is 2.19 bits per heavy atom. The van der Waals surface area contributed by atoms with Crippen molar-refractivity contribution in [1.29, 1.82) is 0 Å². The minimum absolute atomic E-state index is 0.265. The van der Waals surface area contributed by atoms with Crippen LogP contribution in [0.25, 0.3) is 0 Å². The Morgan fingerprint density at radius 1 is 1.00 bits per heavy atom. The summed E-state index contributed by atoms with van der Waals surface area (Å²) in [6.07, 6.45) is 0. The van der Waals surface area contributed by atoms with Crippen LogP contribution in [0.2, 0.25) is 10.0 Å². The van der Waals surface area contributed by atoms with E-state index in [0.29, 0.717) is 21.3 Å². The number of halogens is 2. The molecule has 0 fully saturated rings. The highest BCUT2D eigenvalue weighted by Crippen LogP contribution is 2.27. The third-order valence-electron chi connectivity index (χ3n) is 3.18. The van der Waals surface area contributed by atoms with E-state index < -0.39 is 10.0 Å². The first-order valence-corrected chi connectivity index (χ1v) is 8.70. The zero-order valence-corrected chi connectivity index (χ0v) is 14.0. The summed E-state index contributed by atoms with van der Waals surface area (Å²) in [5, 5.41) is 0.681. The third kappa shape index (κ3) is 4.13. The van der Waals surface area contributed by atoms with Crippen LogP contribution in [0, 0.1) is 13.8 Å². The van der Waals surface area contributed by atoms with Crippen molar-refractivity contribution in [3.8, 4) is 0 Å². The molecule has 0 saturated carbocycles. The molecular formula is C15H15Cl2NO2S. The number of anilines is 1. The molecule has 6 heteroatoms. The average Bonchev–Trinajstić information content (AvgIpc) is 2.38. The summed E-state index contributed by atoms with van der Waals surface area (Å²) in [6.45, 7) is 3.90. The predicted octanol–water partition coefficient (Wildman–Crippen LogP) is 4.55. The van der Waals surface area contributed by atoms with Crippen molar-refractivity contribution >= 4 is 38.9 Å². The lowest BCUT2D eigenvalue weighted by molar-refractivity contribution is 0.600. The lowest BCUT2D eigenvalue weighted by Gasteiger charge is -2.11. The maximum absolute atomic E-state index is 12.2. The molecule has 0 radical (unpaired) electrons. The van der Waals surface area contributed by atoms with Gasteiger partial charge in [-0.2, -0.15) is 0 Å². The van der Waals surface area contributed by atoms with E-state index in [4.69, 9.17) is 23.2 Å². The fourth-order valence-corrected chi connectivity index (χ4v) is 3.82. The minimum atomic E-state index is -3.58. The number of benzene rings is 2. The first kappa shape index (κ1) is 16.1. The van der Waals surface area contributed by atoms with E-state index in [1.165, 1.54) is 0 Å². The summed E-state index contributed by atoms with van der Waals surface area (Å²) >= 11 is 12.0. The second-order valence-electron chi connectivity index (χ2n) is 4.86. The molecule has 0 aliphatic rings. The molecule has 0 spiro atoms.